The van der Waals surface area contributed by atoms with E-state index in [1.807, 2.05) is 42.3 Å². The number of hydrogen-bond donors (Lipinski definition) is 2. The summed E-state index contributed by atoms with van der Waals surface area (Å²) >= 11 is 0. The number of hydrogen-bond acceptors (Lipinski definition) is 5. The van der Waals surface area contributed by atoms with Crippen molar-refractivity contribution in [3.63, 3.8) is 0 Å². The van der Waals surface area contributed by atoms with Gasteiger partial charge in [-0.1, -0.05) is 30.3 Å². The van der Waals surface area contributed by atoms with Crippen molar-refractivity contribution in [2.45, 2.75) is 18.4 Å². The maximum atomic E-state index is 12.0. The lowest BCUT2D eigenvalue weighted by molar-refractivity contribution is -0.123. The van der Waals surface area contributed by atoms with Crippen LogP contribution >= 0.6 is 0 Å². The van der Waals surface area contributed by atoms with E-state index in [2.05, 4.69) is 5.43 Å². The molecule has 0 aromatic heterocycles. The molecule has 1 amide bonds. The molecular formula is C14H21N3O3S. The molecule has 1 fully saturated rings. The number of sulfone groups is 1. The van der Waals surface area contributed by atoms with Crippen LogP contribution in [0, 0.1) is 0 Å². The summed E-state index contributed by atoms with van der Waals surface area (Å²) < 4.78 is 23.1. The number of hydrazine groups is 1. The van der Waals surface area contributed by atoms with E-state index in [1.165, 1.54) is 0 Å². The van der Waals surface area contributed by atoms with E-state index >= 15 is 0 Å². The van der Waals surface area contributed by atoms with Gasteiger partial charge in [-0.3, -0.25) is 10.2 Å². The fourth-order valence-electron chi connectivity index (χ4n) is 2.69. The highest BCUT2D eigenvalue weighted by Gasteiger charge is 2.32. The Balaban J connectivity index is 2.11. The van der Waals surface area contributed by atoms with Gasteiger partial charge in [-0.05, 0) is 19.0 Å². The number of benzene rings is 1. The number of nitrogens with zero attached hydrogens (tertiary/aromatic N) is 1. The molecule has 0 saturated carbocycles. The molecule has 1 heterocycles. The van der Waals surface area contributed by atoms with Crippen LogP contribution in [0.15, 0.2) is 30.3 Å². The Morgan fingerprint density at radius 1 is 1.43 bits per heavy atom. The number of nitrogens with two attached hydrogens (primary N) is 1. The summed E-state index contributed by atoms with van der Waals surface area (Å²) in [7, 11) is -1.08. The van der Waals surface area contributed by atoms with Crippen LogP contribution in [0.2, 0.25) is 0 Å². The Bertz CT molecular complexity index is 589. The molecule has 2 unspecified atom stereocenters. The molecular weight excluding hydrogens is 290 g/mol. The third kappa shape index (κ3) is 4.03. The molecule has 1 aliphatic rings. The minimum Gasteiger partial charge on any atom is -0.301 e. The van der Waals surface area contributed by atoms with Gasteiger partial charge in [-0.15, -0.1) is 0 Å². The maximum Gasteiger partial charge on any atom is 0.242 e. The summed E-state index contributed by atoms with van der Waals surface area (Å²) in [5.41, 5.74) is 3.06. The third-order valence-electron chi connectivity index (χ3n) is 3.96. The number of carbonyl (C=O) groups is 1. The molecule has 1 saturated heterocycles. The van der Waals surface area contributed by atoms with E-state index in [-0.39, 0.29) is 23.5 Å². The monoisotopic (exact) mass is 311 g/mol. The first-order chi connectivity index (χ1) is 9.93. The van der Waals surface area contributed by atoms with Crippen LogP contribution < -0.4 is 11.3 Å². The molecule has 7 heteroatoms. The summed E-state index contributed by atoms with van der Waals surface area (Å²) in [6.07, 6.45) is 0.616. The minimum atomic E-state index is -2.93. The van der Waals surface area contributed by atoms with Crippen molar-refractivity contribution in [2.75, 3.05) is 25.1 Å². The van der Waals surface area contributed by atoms with E-state index in [0.717, 1.165) is 5.56 Å². The second-order valence-corrected chi connectivity index (χ2v) is 7.70. The van der Waals surface area contributed by atoms with E-state index in [4.69, 9.17) is 5.84 Å². The van der Waals surface area contributed by atoms with Crippen molar-refractivity contribution >= 4 is 15.7 Å². The number of amides is 1. The van der Waals surface area contributed by atoms with Crippen LogP contribution in [0.1, 0.15) is 17.9 Å². The Morgan fingerprint density at radius 2 is 2.10 bits per heavy atom. The van der Waals surface area contributed by atoms with Crippen molar-refractivity contribution in [1.82, 2.24) is 10.3 Å². The van der Waals surface area contributed by atoms with Gasteiger partial charge in [-0.2, -0.15) is 0 Å². The molecule has 2 atom stereocenters. The Hall–Kier alpha value is -1.44. The lowest BCUT2D eigenvalue weighted by Crippen LogP contribution is -2.42. The van der Waals surface area contributed by atoms with Crippen molar-refractivity contribution in [3.05, 3.63) is 35.9 Å². The normalized spacial score (nSPS) is 22.1. The smallest absolute Gasteiger partial charge is 0.242 e. The van der Waals surface area contributed by atoms with E-state index in [1.54, 1.807) is 0 Å². The lowest BCUT2D eigenvalue weighted by Gasteiger charge is -2.27. The second-order valence-electron chi connectivity index (χ2n) is 5.47. The highest BCUT2D eigenvalue weighted by molar-refractivity contribution is 7.91. The summed E-state index contributed by atoms with van der Waals surface area (Å²) in [5.74, 6) is 4.97. The zero-order valence-electron chi connectivity index (χ0n) is 12.0. The number of nitrogens with one attached hydrogen (secondary N) is 1. The van der Waals surface area contributed by atoms with Crippen LogP contribution in [0.25, 0.3) is 0 Å². The molecule has 0 aliphatic carbocycles. The van der Waals surface area contributed by atoms with E-state index in [0.29, 0.717) is 13.0 Å². The number of rotatable bonds is 5. The molecule has 0 radical (unpaired) electrons. The van der Waals surface area contributed by atoms with Gasteiger partial charge in [0.15, 0.2) is 9.84 Å². The zero-order valence-corrected chi connectivity index (χ0v) is 12.8. The molecule has 0 spiro atoms. The topological polar surface area (TPSA) is 92.5 Å². The second kappa shape index (κ2) is 6.55. The Labute approximate surface area is 125 Å². The first kappa shape index (κ1) is 15.9. The summed E-state index contributed by atoms with van der Waals surface area (Å²) in [4.78, 5) is 14.0. The average Bonchev–Trinajstić information content (AvgIpc) is 2.85. The quantitative estimate of drug-likeness (QED) is 0.449. The summed E-state index contributed by atoms with van der Waals surface area (Å²) in [5, 5.41) is 0. The van der Waals surface area contributed by atoms with Crippen LogP contribution in [-0.2, 0) is 14.6 Å². The third-order valence-corrected chi connectivity index (χ3v) is 5.71. The van der Waals surface area contributed by atoms with Gasteiger partial charge in [0.25, 0.3) is 0 Å². The fraction of sp³-hybridized carbons (Fsp3) is 0.500. The highest BCUT2D eigenvalue weighted by atomic mass is 32.2. The van der Waals surface area contributed by atoms with Gasteiger partial charge in [0, 0.05) is 12.6 Å². The summed E-state index contributed by atoms with van der Waals surface area (Å²) in [6, 6.07) is 9.33. The zero-order chi connectivity index (χ0) is 15.5. The average molecular weight is 311 g/mol. The standard InChI is InChI=1S/C14H21N3O3S/c1-17(12-7-8-21(19,20)10-12)9-13(14(18)16-15)11-5-3-2-4-6-11/h2-6,12-13H,7-10,15H2,1H3,(H,16,18). The largest absolute Gasteiger partial charge is 0.301 e. The highest BCUT2D eigenvalue weighted by Crippen LogP contribution is 2.22. The van der Waals surface area contributed by atoms with Gasteiger partial charge in [0.2, 0.25) is 5.91 Å². The van der Waals surface area contributed by atoms with Gasteiger partial charge in [0.1, 0.15) is 0 Å². The maximum absolute atomic E-state index is 12.0. The molecule has 1 aromatic carbocycles. The van der Waals surface area contributed by atoms with Crippen LogP contribution in [0.5, 0.6) is 0 Å². The lowest BCUT2D eigenvalue weighted by atomic mass is 9.97. The van der Waals surface area contributed by atoms with Crippen molar-refractivity contribution in [3.8, 4) is 0 Å². The van der Waals surface area contributed by atoms with Crippen LogP contribution in [0.3, 0.4) is 0 Å². The van der Waals surface area contributed by atoms with Gasteiger partial charge >= 0.3 is 0 Å². The predicted octanol–water partition coefficient (Wildman–Crippen LogP) is -0.121. The van der Waals surface area contributed by atoms with Crippen molar-refractivity contribution < 1.29 is 13.2 Å². The minimum absolute atomic E-state index is 0.0354. The molecule has 1 aromatic rings. The van der Waals surface area contributed by atoms with Crippen LogP contribution in [-0.4, -0.2) is 50.4 Å². The number of carbonyl (C=O) groups excluding carboxylic acids is 1. The SMILES string of the molecule is CN(CC(C(=O)NN)c1ccccc1)C1CCS(=O)(=O)C1. The van der Waals surface area contributed by atoms with E-state index in [9.17, 15) is 13.2 Å². The molecule has 3 N–H and O–H groups in total. The number of likely N-dealkylation sites (N-methyl/N-ethyl adjacent to an activating group) is 1. The molecule has 1 aliphatic heterocycles. The Kier molecular flexibility index (Phi) is 4.97. The van der Waals surface area contributed by atoms with Crippen molar-refractivity contribution in [1.29, 1.82) is 0 Å². The summed E-state index contributed by atoms with van der Waals surface area (Å²) in [6.45, 7) is 0.438. The molecule has 6 nitrogen and oxygen atoms in total. The first-order valence-electron chi connectivity index (χ1n) is 6.89. The van der Waals surface area contributed by atoms with Gasteiger partial charge in [0.05, 0.1) is 17.4 Å². The van der Waals surface area contributed by atoms with E-state index < -0.39 is 15.8 Å². The van der Waals surface area contributed by atoms with Gasteiger partial charge < -0.3 is 4.90 Å². The van der Waals surface area contributed by atoms with Crippen molar-refractivity contribution in [2.24, 2.45) is 5.84 Å². The molecule has 21 heavy (non-hydrogen) atoms. The Morgan fingerprint density at radius 3 is 2.62 bits per heavy atom. The van der Waals surface area contributed by atoms with Gasteiger partial charge in [-0.25, -0.2) is 14.3 Å². The molecule has 0 bridgehead atoms. The molecule has 2 rings (SSSR count). The molecule has 116 valence electrons. The predicted molar refractivity (Wildman–Crippen MR) is 81.2 cm³/mol. The fourth-order valence-corrected chi connectivity index (χ4v) is 4.49. The van der Waals surface area contributed by atoms with Crippen LogP contribution in [0.4, 0.5) is 0 Å². The first-order valence-corrected chi connectivity index (χ1v) is 8.71.